The Morgan fingerprint density at radius 1 is 1.64 bits per heavy atom. The Labute approximate surface area is 64.9 Å². The molecule has 0 N–H and O–H groups in total. The van der Waals surface area contributed by atoms with Crippen molar-refractivity contribution in [2.24, 2.45) is 0 Å². The van der Waals surface area contributed by atoms with Gasteiger partial charge in [-0.2, -0.15) is 0 Å². The first-order chi connectivity index (χ1) is 5.24. The molecule has 0 atom stereocenters. The molecule has 1 aromatic rings. The van der Waals surface area contributed by atoms with E-state index in [0.29, 0.717) is 12.0 Å². The molecule has 56 valence electrons. The van der Waals surface area contributed by atoms with Gasteiger partial charge in [-0.15, -0.1) is 0 Å². The number of aromatic nitrogens is 1. The van der Waals surface area contributed by atoms with Crippen molar-refractivity contribution in [3.05, 3.63) is 29.8 Å². The van der Waals surface area contributed by atoms with Crippen LogP contribution in [0.3, 0.4) is 0 Å². The van der Waals surface area contributed by atoms with Crippen LogP contribution < -0.4 is 0 Å². The predicted octanol–water partition coefficient (Wildman–Crippen LogP) is 0.455. The minimum Gasteiger partial charge on any atom is -0.293 e. The van der Waals surface area contributed by atoms with E-state index in [2.05, 4.69) is 4.98 Å². The highest BCUT2D eigenvalue weighted by molar-refractivity contribution is 6.23. The van der Waals surface area contributed by atoms with Crippen molar-refractivity contribution in [3.8, 4) is 0 Å². The fourth-order valence-electron chi connectivity index (χ4n) is 0.722. The Hall–Kier alpha value is -1.19. The van der Waals surface area contributed by atoms with Crippen LogP contribution in [0.25, 0.3) is 0 Å². The van der Waals surface area contributed by atoms with Gasteiger partial charge in [-0.05, 0) is 18.5 Å². The zero-order valence-corrected chi connectivity index (χ0v) is 6.17. The van der Waals surface area contributed by atoms with Crippen molar-refractivity contribution in [1.29, 1.82) is 0 Å². The molecular weight excluding hydrogens is 144 g/mol. The number of hydrogen-bond acceptors (Lipinski definition) is 2. The summed E-state index contributed by atoms with van der Waals surface area (Å²) in [5.74, 6) is -0.484. The summed E-state index contributed by atoms with van der Waals surface area (Å²) in [7, 11) is 1.74. The van der Waals surface area contributed by atoms with E-state index in [9.17, 15) is 9.18 Å². The lowest BCUT2D eigenvalue weighted by molar-refractivity contribution is 0.101. The van der Waals surface area contributed by atoms with Crippen LogP contribution in [-0.4, -0.2) is 18.6 Å². The fourth-order valence-corrected chi connectivity index (χ4v) is 0.722. The zero-order valence-electron chi connectivity index (χ0n) is 6.17. The van der Waals surface area contributed by atoms with Crippen molar-refractivity contribution >= 4 is 13.6 Å². The molecule has 11 heavy (non-hydrogen) atoms. The highest BCUT2D eigenvalue weighted by atomic mass is 19.1. The molecule has 4 heteroatoms. The van der Waals surface area contributed by atoms with Crippen LogP contribution in [0.2, 0.25) is 6.32 Å². The van der Waals surface area contributed by atoms with E-state index in [1.165, 1.54) is 12.1 Å². The minimum atomic E-state index is -0.419. The third-order valence-electron chi connectivity index (χ3n) is 1.33. The molecule has 0 unspecified atom stereocenters. The van der Waals surface area contributed by atoms with Gasteiger partial charge >= 0.3 is 0 Å². The molecule has 0 aliphatic heterocycles. The second-order valence-corrected chi connectivity index (χ2v) is 2.14. The number of pyridine rings is 1. The number of nitrogens with zero attached hydrogens (tertiary/aromatic N) is 1. The molecule has 0 saturated heterocycles. The molecule has 0 aliphatic rings. The number of halogens is 1. The van der Waals surface area contributed by atoms with Crippen LogP contribution in [0.15, 0.2) is 18.3 Å². The lowest BCUT2D eigenvalue weighted by Crippen LogP contribution is -2.00. The average molecular weight is 151 g/mol. The summed E-state index contributed by atoms with van der Waals surface area (Å²) in [4.78, 5) is 14.6. The highest BCUT2D eigenvalue weighted by Crippen LogP contribution is 2.00. The minimum absolute atomic E-state index is 0.0648. The molecule has 1 aromatic heterocycles. The largest absolute Gasteiger partial charge is 0.293 e. The Morgan fingerprint density at radius 3 is 2.82 bits per heavy atom. The van der Waals surface area contributed by atoms with Gasteiger partial charge in [0.25, 0.3) is 0 Å². The van der Waals surface area contributed by atoms with Crippen LogP contribution in [0.1, 0.15) is 10.5 Å². The third kappa shape index (κ3) is 1.87. The van der Waals surface area contributed by atoms with Crippen molar-refractivity contribution < 1.29 is 9.18 Å². The van der Waals surface area contributed by atoms with Gasteiger partial charge in [0.1, 0.15) is 19.4 Å². The Balaban J connectivity index is 2.90. The van der Waals surface area contributed by atoms with E-state index in [-0.39, 0.29) is 5.78 Å². The summed E-state index contributed by atoms with van der Waals surface area (Å²) in [6.07, 6.45) is 1.45. The fraction of sp³-hybridized carbons (Fsp3) is 0.143. The summed E-state index contributed by atoms with van der Waals surface area (Å²) in [5.41, 5.74) is 0.328. The van der Waals surface area contributed by atoms with Crippen molar-refractivity contribution in [2.45, 2.75) is 6.32 Å². The van der Waals surface area contributed by atoms with Gasteiger partial charge < -0.3 is 0 Å². The monoisotopic (exact) mass is 151 g/mol. The summed E-state index contributed by atoms with van der Waals surface area (Å²) in [6, 6.07) is 2.62. The number of hydrogen-bond donors (Lipinski definition) is 0. The SMILES string of the molecule is BCC(=O)c1ccc(F)cn1. The number of carbonyl (C=O) groups excluding carboxylic acids is 1. The van der Waals surface area contributed by atoms with E-state index < -0.39 is 5.82 Å². The van der Waals surface area contributed by atoms with Gasteiger partial charge in [-0.3, -0.25) is 9.78 Å². The topological polar surface area (TPSA) is 30.0 Å². The van der Waals surface area contributed by atoms with E-state index in [1.54, 1.807) is 7.85 Å². The summed E-state index contributed by atoms with van der Waals surface area (Å²) >= 11 is 0. The van der Waals surface area contributed by atoms with E-state index in [0.717, 1.165) is 6.20 Å². The molecule has 0 aliphatic carbocycles. The first-order valence-corrected chi connectivity index (χ1v) is 3.38. The summed E-state index contributed by atoms with van der Waals surface area (Å²) in [5, 5.41) is 0. The maximum atomic E-state index is 12.3. The Morgan fingerprint density at radius 2 is 2.36 bits per heavy atom. The van der Waals surface area contributed by atoms with Crippen molar-refractivity contribution in [2.75, 3.05) is 0 Å². The summed E-state index contributed by atoms with van der Waals surface area (Å²) in [6.45, 7) is 0. The number of ketones is 1. The van der Waals surface area contributed by atoms with Gasteiger partial charge in [-0.1, -0.05) is 0 Å². The van der Waals surface area contributed by atoms with Gasteiger partial charge in [0.05, 0.1) is 6.20 Å². The van der Waals surface area contributed by atoms with Gasteiger partial charge in [0.15, 0.2) is 5.78 Å². The molecule has 1 rings (SSSR count). The first-order valence-electron chi connectivity index (χ1n) is 3.38. The predicted molar refractivity (Wildman–Crippen MR) is 41.9 cm³/mol. The van der Waals surface area contributed by atoms with Crippen LogP contribution >= 0.6 is 0 Å². The van der Waals surface area contributed by atoms with Gasteiger partial charge in [-0.25, -0.2) is 4.39 Å². The van der Waals surface area contributed by atoms with E-state index >= 15 is 0 Å². The second kappa shape index (κ2) is 3.28. The molecule has 0 saturated carbocycles. The van der Waals surface area contributed by atoms with Crippen molar-refractivity contribution in [3.63, 3.8) is 0 Å². The van der Waals surface area contributed by atoms with Crippen LogP contribution in [0, 0.1) is 5.82 Å². The van der Waals surface area contributed by atoms with Crippen LogP contribution in [0.5, 0.6) is 0 Å². The Bertz CT molecular complexity index is 260. The van der Waals surface area contributed by atoms with Crippen LogP contribution in [0.4, 0.5) is 4.39 Å². The number of Topliss-reactive ketones (excluding diaryl/α,β-unsaturated/α-hetero) is 1. The third-order valence-corrected chi connectivity index (χ3v) is 1.33. The van der Waals surface area contributed by atoms with Crippen LogP contribution in [-0.2, 0) is 0 Å². The van der Waals surface area contributed by atoms with Gasteiger partial charge in [0, 0.05) is 0 Å². The quantitative estimate of drug-likeness (QED) is 0.453. The van der Waals surface area contributed by atoms with E-state index in [1.807, 2.05) is 0 Å². The smallest absolute Gasteiger partial charge is 0.173 e. The lowest BCUT2D eigenvalue weighted by atomic mass is 9.99. The maximum absolute atomic E-state index is 12.3. The number of rotatable bonds is 2. The normalized spacial score (nSPS) is 9.55. The molecule has 0 aromatic carbocycles. The molecule has 2 nitrogen and oxygen atoms in total. The molecular formula is C7H7BFNO. The standard InChI is InChI=1S/C7H7BFNO/c8-3-7(11)6-2-1-5(9)4-10-6/h1-2,4H,3,8H2. The summed E-state index contributed by atoms with van der Waals surface area (Å²) < 4.78 is 12.3. The number of carbonyl (C=O) groups is 1. The molecule has 1 heterocycles. The molecule has 0 amide bonds. The maximum Gasteiger partial charge on any atom is 0.173 e. The molecule has 0 bridgehead atoms. The van der Waals surface area contributed by atoms with Crippen molar-refractivity contribution in [1.82, 2.24) is 4.98 Å². The zero-order chi connectivity index (χ0) is 8.27. The molecule has 0 fully saturated rings. The molecule has 0 radical (unpaired) electrons. The lowest BCUT2D eigenvalue weighted by Gasteiger charge is -1.94. The van der Waals surface area contributed by atoms with Gasteiger partial charge in [0.2, 0.25) is 0 Å². The first kappa shape index (κ1) is 7.92. The molecule has 0 spiro atoms. The highest BCUT2D eigenvalue weighted by Gasteiger charge is 2.02. The average Bonchev–Trinajstić information content (AvgIpc) is 2.05. The second-order valence-electron chi connectivity index (χ2n) is 2.14. The van der Waals surface area contributed by atoms with E-state index in [4.69, 9.17) is 0 Å². The Kier molecular flexibility index (Phi) is 2.36.